The van der Waals surface area contributed by atoms with Crippen LogP contribution in [-0.2, 0) is 0 Å². The highest BCUT2D eigenvalue weighted by Crippen LogP contribution is 2.22. The van der Waals surface area contributed by atoms with E-state index in [1.165, 1.54) is 38.7 Å². The van der Waals surface area contributed by atoms with Crippen LogP contribution in [0.1, 0.15) is 19.3 Å². The summed E-state index contributed by atoms with van der Waals surface area (Å²) >= 11 is 0. The summed E-state index contributed by atoms with van der Waals surface area (Å²) in [6, 6.07) is 0. The van der Waals surface area contributed by atoms with Crippen molar-refractivity contribution < 1.29 is 0 Å². The number of aromatic nitrogens is 2. The summed E-state index contributed by atoms with van der Waals surface area (Å²) in [6.45, 7) is 4.28. The molecule has 0 aromatic carbocycles. The second-order valence-electron chi connectivity index (χ2n) is 5.32. The van der Waals surface area contributed by atoms with Gasteiger partial charge in [-0.15, -0.1) is 0 Å². The number of nitrogens with two attached hydrogens (primary N) is 1. The van der Waals surface area contributed by atoms with Gasteiger partial charge >= 0.3 is 0 Å². The first-order chi connectivity index (χ1) is 9.66. The van der Waals surface area contributed by atoms with E-state index in [1.54, 1.807) is 5.01 Å². The largest absolute Gasteiger partial charge is 0.393 e. The van der Waals surface area contributed by atoms with Gasteiger partial charge in [-0.2, -0.15) is 0 Å². The molecule has 1 fully saturated rings. The Morgan fingerprint density at radius 2 is 1.90 bits per heavy atom. The minimum Gasteiger partial charge on any atom is -0.393 e. The maximum atomic E-state index is 6.06. The average Bonchev–Trinajstić information content (AvgIpc) is 2.43. The molecule has 0 unspecified atom stereocenters. The number of rotatable bonds is 6. The van der Waals surface area contributed by atoms with Crippen LogP contribution in [0.5, 0.6) is 0 Å². The summed E-state index contributed by atoms with van der Waals surface area (Å²) in [7, 11) is 3.79. The Morgan fingerprint density at radius 3 is 2.60 bits per heavy atom. The highest BCUT2D eigenvalue weighted by Gasteiger charge is 2.11. The van der Waals surface area contributed by atoms with Gasteiger partial charge < -0.3 is 21.4 Å². The third-order valence-electron chi connectivity index (χ3n) is 3.38. The lowest BCUT2D eigenvalue weighted by molar-refractivity contribution is 0.237. The zero-order valence-corrected chi connectivity index (χ0v) is 12.4. The van der Waals surface area contributed by atoms with Crippen molar-refractivity contribution in [2.45, 2.75) is 19.3 Å². The van der Waals surface area contributed by atoms with Crippen LogP contribution in [0, 0.1) is 0 Å². The van der Waals surface area contributed by atoms with E-state index in [0.717, 1.165) is 13.1 Å². The molecule has 7 nitrogen and oxygen atoms in total. The molecule has 112 valence electrons. The van der Waals surface area contributed by atoms with Gasteiger partial charge in [-0.1, -0.05) is 6.42 Å². The molecule has 20 heavy (non-hydrogen) atoms. The van der Waals surface area contributed by atoms with E-state index in [1.807, 2.05) is 14.1 Å². The topological polar surface area (TPSA) is 82.3 Å². The second kappa shape index (κ2) is 7.25. The van der Waals surface area contributed by atoms with Gasteiger partial charge in [0.15, 0.2) is 11.6 Å². The van der Waals surface area contributed by atoms with Crippen LogP contribution < -0.4 is 16.5 Å². The Labute approximate surface area is 120 Å². The molecule has 0 aliphatic carbocycles. The Morgan fingerprint density at radius 1 is 1.20 bits per heavy atom. The number of hydrazine groups is 1. The minimum absolute atomic E-state index is 0.555. The van der Waals surface area contributed by atoms with E-state index < -0.39 is 0 Å². The zero-order valence-electron chi connectivity index (χ0n) is 12.4. The molecular formula is C13H25N7. The normalized spacial score (nSPS) is 16.4. The molecule has 0 radical (unpaired) electrons. The summed E-state index contributed by atoms with van der Waals surface area (Å²) in [4.78, 5) is 10.8. The van der Waals surface area contributed by atoms with E-state index >= 15 is 0 Å². The Balaban J connectivity index is 1.85. The van der Waals surface area contributed by atoms with Crippen LogP contribution in [0.4, 0.5) is 17.3 Å². The fraction of sp³-hybridized carbons (Fsp3) is 0.692. The van der Waals surface area contributed by atoms with Crippen molar-refractivity contribution in [2.75, 3.05) is 56.8 Å². The summed E-state index contributed by atoms with van der Waals surface area (Å²) in [5.41, 5.74) is 9.68. The lowest BCUT2D eigenvalue weighted by atomic mass is 10.1. The van der Waals surface area contributed by atoms with E-state index in [0.29, 0.717) is 17.3 Å². The lowest BCUT2D eigenvalue weighted by Gasteiger charge is -2.26. The third-order valence-corrected chi connectivity index (χ3v) is 3.38. The van der Waals surface area contributed by atoms with E-state index in [4.69, 9.17) is 5.73 Å². The molecule has 1 saturated heterocycles. The summed E-state index contributed by atoms with van der Waals surface area (Å²) in [5, 5.41) is 5.10. The highest BCUT2D eigenvalue weighted by molar-refractivity contribution is 5.73. The van der Waals surface area contributed by atoms with Crippen LogP contribution in [-0.4, -0.2) is 60.2 Å². The number of nitrogens with one attached hydrogen (secondary N) is 2. The molecule has 2 heterocycles. The molecule has 1 aromatic heterocycles. The molecule has 4 N–H and O–H groups in total. The van der Waals surface area contributed by atoms with E-state index in [9.17, 15) is 0 Å². The van der Waals surface area contributed by atoms with Gasteiger partial charge in [-0.25, -0.2) is 15.0 Å². The van der Waals surface area contributed by atoms with E-state index in [-0.39, 0.29) is 0 Å². The van der Waals surface area contributed by atoms with Crippen LogP contribution in [0.15, 0.2) is 6.33 Å². The molecule has 1 aliphatic rings. The van der Waals surface area contributed by atoms with Crippen molar-refractivity contribution in [3.05, 3.63) is 6.33 Å². The van der Waals surface area contributed by atoms with Crippen molar-refractivity contribution in [3.8, 4) is 0 Å². The van der Waals surface area contributed by atoms with Crippen molar-refractivity contribution in [2.24, 2.45) is 0 Å². The second-order valence-corrected chi connectivity index (χ2v) is 5.32. The van der Waals surface area contributed by atoms with Gasteiger partial charge in [0.05, 0.1) is 0 Å². The number of piperidine rings is 1. The molecule has 1 aliphatic heterocycles. The zero-order chi connectivity index (χ0) is 14.4. The van der Waals surface area contributed by atoms with Gasteiger partial charge in [0, 0.05) is 27.2 Å². The Hall–Kier alpha value is -1.60. The third kappa shape index (κ3) is 4.21. The first kappa shape index (κ1) is 14.8. The van der Waals surface area contributed by atoms with Crippen molar-refractivity contribution in [1.29, 1.82) is 0 Å². The number of hydrogen-bond acceptors (Lipinski definition) is 7. The predicted molar refractivity (Wildman–Crippen MR) is 82.5 cm³/mol. The highest BCUT2D eigenvalue weighted by atomic mass is 15.5. The van der Waals surface area contributed by atoms with Gasteiger partial charge in [0.25, 0.3) is 0 Å². The SMILES string of the molecule is CN(C)Nc1ncnc(NCCN2CCCCC2)c1N. The van der Waals surface area contributed by atoms with Crippen LogP contribution in [0.25, 0.3) is 0 Å². The number of hydrogen-bond donors (Lipinski definition) is 3. The predicted octanol–water partition coefficient (Wildman–Crippen LogP) is 0.845. The van der Waals surface area contributed by atoms with Crippen molar-refractivity contribution >= 4 is 17.3 Å². The Kier molecular flexibility index (Phi) is 5.37. The maximum Gasteiger partial charge on any atom is 0.169 e. The molecule has 1 aromatic rings. The van der Waals surface area contributed by atoms with Gasteiger partial charge in [-0.3, -0.25) is 0 Å². The summed E-state index contributed by atoms with van der Waals surface area (Å²) in [6.07, 6.45) is 5.51. The molecule has 0 amide bonds. The van der Waals surface area contributed by atoms with Crippen LogP contribution >= 0.6 is 0 Å². The number of nitrogen functional groups attached to an aromatic ring is 1. The van der Waals surface area contributed by atoms with E-state index in [2.05, 4.69) is 25.6 Å². The van der Waals surface area contributed by atoms with Gasteiger partial charge in [0.1, 0.15) is 12.0 Å². The fourth-order valence-corrected chi connectivity index (χ4v) is 2.35. The monoisotopic (exact) mass is 279 g/mol. The number of nitrogens with zero attached hydrogens (tertiary/aromatic N) is 4. The minimum atomic E-state index is 0.555. The van der Waals surface area contributed by atoms with Crippen LogP contribution in [0.2, 0.25) is 0 Å². The Bertz CT molecular complexity index is 415. The first-order valence-corrected chi connectivity index (χ1v) is 7.17. The molecule has 0 spiro atoms. The van der Waals surface area contributed by atoms with Gasteiger partial charge in [-0.05, 0) is 25.9 Å². The molecule has 0 atom stereocenters. The summed E-state index contributed by atoms with van der Waals surface area (Å²) < 4.78 is 0. The number of anilines is 3. The number of likely N-dealkylation sites (tertiary alicyclic amines) is 1. The fourth-order valence-electron chi connectivity index (χ4n) is 2.35. The smallest absolute Gasteiger partial charge is 0.169 e. The summed E-state index contributed by atoms with van der Waals surface area (Å²) in [5.74, 6) is 1.33. The van der Waals surface area contributed by atoms with Gasteiger partial charge in [0.2, 0.25) is 0 Å². The molecular weight excluding hydrogens is 254 g/mol. The standard InChI is InChI=1S/C13H25N7/c1-19(2)18-13-11(14)12(16-10-17-13)15-6-9-20-7-4-3-5-8-20/h10H,3-9,14H2,1-2H3,(H2,15,16,17,18). The first-order valence-electron chi connectivity index (χ1n) is 7.17. The molecule has 0 bridgehead atoms. The maximum absolute atomic E-state index is 6.06. The average molecular weight is 279 g/mol. The van der Waals surface area contributed by atoms with Crippen LogP contribution in [0.3, 0.4) is 0 Å². The lowest BCUT2D eigenvalue weighted by Crippen LogP contribution is -2.34. The molecule has 2 rings (SSSR count). The van der Waals surface area contributed by atoms with Crippen molar-refractivity contribution in [3.63, 3.8) is 0 Å². The quantitative estimate of drug-likeness (QED) is 0.666. The van der Waals surface area contributed by atoms with Crippen molar-refractivity contribution in [1.82, 2.24) is 19.9 Å². The molecule has 0 saturated carbocycles. The molecule has 7 heteroatoms.